The molecule has 1 N–H and O–H groups in total. The molecule has 0 saturated carbocycles. The number of ketones is 1. The summed E-state index contributed by atoms with van der Waals surface area (Å²) in [6.07, 6.45) is 5.30. The molecule has 0 bridgehead atoms. The van der Waals surface area contributed by atoms with Crippen molar-refractivity contribution in [3.8, 4) is 23.8 Å². The summed E-state index contributed by atoms with van der Waals surface area (Å²) in [4.78, 5) is 26.5. The fourth-order valence-electron chi connectivity index (χ4n) is 4.24. The number of hydrogen-bond acceptors (Lipinski definition) is 6. The average Bonchev–Trinajstić information content (AvgIpc) is 3.08. The van der Waals surface area contributed by atoms with Crippen molar-refractivity contribution in [1.82, 2.24) is 5.32 Å². The lowest BCUT2D eigenvalue weighted by Crippen LogP contribution is -2.29. The van der Waals surface area contributed by atoms with Crippen molar-refractivity contribution in [1.29, 1.82) is 0 Å². The second-order valence-electron chi connectivity index (χ2n) is 7.38. The Morgan fingerprint density at radius 3 is 2.59 bits per heavy atom. The van der Waals surface area contributed by atoms with Gasteiger partial charge in [-0.1, -0.05) is 36.3 Å². The zero-order chi connectivity index (χ0) is 22.8. The molecule has 0 saturated heterocycles. The fraction of sp³-hybridized carbons (Fsp3) is 0.231. The minimum Gasteiger partial charge on any atom is -0.493 e. The van der Waals surface area contributed by atoms with Gasteiger partial charge in [-0.05, 0) is 31.5 Å². The van der Waals surface area contributed by atoms with Crippen molar-refractivity contribution < 1.29 is 23.8 Å². The van der Waals surface area contributed by atoms with E-state index < -0.39 is 11.9 Å². The molecule has 2 aliphatic rings. The zero-order valence-corrected chi connectivity index (χ0v) is 18.2. The molecule has 1 aliphatic carbocycles. The smallest absolute Gasteiger partial charge is 0.336 e. The number of rotatable bonds is 6. The molecule has 2 aromatic rings. The van der Waals surface area contributed by atoms with E-state index in [0.717, 1.165) is 5.56 Å². The highest BCUT2D eigenvalue weighted by atomic mass is 16.5. The maximum atomic E-state index is 13.5. The first kappa shape index (κ1) is 21.3. The lowest BCUT2D eigenvalue weighted by molar-refractivity contribution is -0.138. The van der Waals surface area contributed by atoms with Gasteiger partial charge in [0.2, 0.25) is 0 Å². The molecule has 2 aromatic carbocycles. The Kier molecular flexibility index (Phi) is 5.74. The van der Waals surface area contributed by atoms with Crippen molar-refractivity contribution in [2.24, 2.45) is 0 Å². The van der Waals surface area contributed by atoms with Crippen LogP contribution in [0.2, 0.25) is 0 Å². The Labute approximate surface area is 186 Å². The molecule has 4 rings (SSSR count). The van der Waals surface area contributed by atoms with Gasteiger partial charge in [-0.25, -0.2) is 4.79 Å². The first-order valence-corrected chi connectivity index (χ1v) is 10.3. The standard InChI is InChI=1S/C26H23NO5/c1-5-13-32-19-12-11-16(14-20(19)30-4)22-21(26(29)31-6-2)15(3)27-24-17-9-7-8-10-18(17)25(28)23(22)24/h1,7-12,14,22,27H,6,13H2,2-4H3/t22-/m0/s1. The normalized spacial score (nSPS) is 16.7. The summed E-state index contributed by atoms with van der Waals surface area (Å²) >= 11 is 0. The van der Waals surface area contributed by atoms with Crippen LogP contribution in [-0.2, 0) is 9.53 Å². The summed E-state index contributed by atoms with van der Waals surface area (Å²) in [5, 5.41) is 3.28. The zero-order valence-electron chi connectivity index (χ0n) is 18.2. The summed E-state index contributed by atoms with van der Waals surface area (Å²) in [6.45, 7) is 3.89. The molecule has 0 radical (unpaired) electrons. The lowest BCUT2D eigenvalue weighted by Gasteiger charge is -2.29. The van der Waals surface area contributed by atoms with E-state index >= 15 is 0 Å². The largest absolute Gasteiger partial charge is 0.493 e. The maximum absolute atomic E-state index is 13.5. The monoisotopic (exact) mass is 429 g/mol. The van der Waals surface area contributed by atoms with Crippen LogP contribution in [0.4, 0.5) is 0 Å². The van der Waals surface area contributed by atoms with Crippen LogP contribution < -0.4 is 14.8 Å². The van der Waals surface area contributed by atoms with Gasteiger partial charge in [-0.15, -0.1) is 6.42 Å². The van der Waals surface area contributed by atoms with Crippen LogP contribution >= 0.6 is 0 Å². The number of fused-ring (bicyclic) bond motifs is 2. The number of hydrogen-bond donors (Lipinski definition) is 1. The van der Waals surface area contributed by atoms with Gasteiger partial charge in [0.05, 0.1) is 25.0 Å². The molecule has 0 spiro atoms. The van der Waals surface area contributed by atoms with Gasteiger partial charge in [-0.3, -0.25) is 4.79 Å². The van der Waals surface area contributed by atoms with E-state index in [-0.39, 0.29) is 19.0 Å². The number of Topliss-reactive ketones (excluding diaryl/α,β-unsaturated/α-hetero) is 1. The fourth-order valence-corrected chi connectivity index (χ4v) is 4.24. The molecule has 1 atom stereocenters. The quantitative estimate of drug-likeness (QED) is 0.556. The number of terminal acetylenes is 1. The predicted molar refractivity (Wildman–Crippen MR) is 120 cm³/mol. The van der Waals surface area contributed by atoms with E-state index in [1.165, 1.54) is 7.11 Å². The number of nitrogens with one attached hydrogen (secondary N) is 1. The number of methoxy groups -OCH3 is 1. The molecule has 1 aliphatic heterocycles. The predicted octanol–water partition coefficient (Wildman–Crippen LogP) is 3.84. The van der Waals surface area contributed by atoms with E-state index in [0.29, 0.717) is 45.2 Å². The van der Waals surface area contributed by atoms with Crippen LogP contribution in [0.1, 0.15) is 41.3 Å². The Morgan fingerprint density at radius 1 is 1.16 bits per heavy atom. The summed E-state index contributed by atoms with van der Waals surface area (Å²) in [5.41, 5.74) is 4.41. The molecule has 0 aromatic heterocycles. The third-order valence-corrected chi connectivity index (χ3v) is 5.58. The van der Waals surface area contributed by atoms with E-state index in [9.17, 15) is 9.59 Å². The molecular weight excluding hydrogens is 406 g/mol. The lowest BCUT2D eigenvalue weighted by atomic mass is 9.79. The number of carbonyl (C=O) groups is 2. The number of benzene rings is 2. The molecule has 6 heteroatoms. The summed E-state index contributed by atoms with van der Waals surface area (Å²) in [5.74, 6) is 2.16. The second kappa shape index (κ2) is 8.64. The molecule has 6 nitrogen and oxygen atoms in total. The summed E-state index contributed by atoms with van der Waals surface area (Å²) in [6, 6.07) is 12.7. The molecule has 0 amide bonds. The van der Waals surface area contributed by atoms with Gasteiger partial charge in [0.15, 0.2) is 17.3 Å². The van der Waals surface area contributed by atoms with E-state index in [1.54, 1.807) is 25.1 Å². The second-order valence-corrected chi connectivity index (χ2v) is 7.38. The Hall–Kier alpha value is -3.98. The summed E-state index contributed by atoms with van der Waals surface area (Å²) < 4.78 is 16.4. The van der Waals surface area contributed by atoms with Gasteiger partial charge >= 0.3 is 5.97 Å². The summed E-state index contributed by atoms with van der Waals surface area (Å²) in [7, 11) is 1.53. The van der Waals surface area contributed by atoms with Crippen molar-refractivity contribution in [2.45, 2.75) is 19.8 Å². The minimum absolute atomic E-state index is 0.0965. The SMILES string of the molecule is C#CCOc1ccc([C@H]2C(C(=O)OCC)=C(C)NC3=C2C(=O)c2ccccc23)cc1OC. The number of allylic oxidation sites excluding steroid dienone is 2. The highest BCUT2D eigenvalue weighted by Gasteiger charge is 2.43. The van der Waals surface area contributed by atoms with Gasteiger partial charge < -0.3 is 19.5 Å². The van der Waals surface area contributed by atoms with E-state index in [4.69, 9.17) is 20.6 Å². The van der Waals surface area contributed by atoms with Gasteiger partial charge in [0, 0.05) is 28.3 Å². The van der Waals surface area contributed by atoms with E-state index in [1.807, 2.05) is 31.2 Å². The third kappa shape index (κ3) is 3.42. The van der Waals surface area contributed by atoms with Crippen molar-refractivity contribution in [3.63, 3.8) is 0 Å². The minimum atomic E-state index is -0.624. The van der Waals surface area contributed by atoms with Crippen LogP contribution in [0.5, 0.6) is 11.5 Å². The van der Waals surface area contributed by atoms with E-state index in [2.05, 4.69) is 11.2 Å². The molecule has 162 valence electrons. The number of dihydropyridines is 1. The van der Waals surface area contributed by atoms with Crippen molar-refractivity contribution in [3.05, 3.63) is 76.0 Å². The van der Waals surface area contributed by atoms with Crippen molar-refractivity contribution in [2.75, 3.05) is 20.3 Å². The van der Waals surface area contributed by atoms with Crippen LogP contribution in [0.15, 0.2) is 59.3 Å². The third-order valence-electron chi connectivity index (χ3n) is 5.58. The van der Waals surface area contributed by atoms with Gasteiger partial charge in [0.25, 0.3) is 0 Å². The first-order chi connectivity index (χ1) is 15.5. The number of ether oxygens (including phenoxy) is 3. The number of carbonyl (C=O) groups excluding carboxylic acids is 2. The topological polar surface area (TPSA) is 73.9 Å². The molecule has 0 fully saturated rings. The molecule has 0 unspecified atom stereocenters. The highest BCUT2D eigenvalue weighted by Crippen LogP contribution is 2.47. The Morgan fingerprint density at radius 2 is 1.91 bits per heavy atom. The average molecular weight is 429 g/mol. The molecule has 32 heavy (non-hydrogen) atoms. The van der Waals surface area contributed by atoms with Crippen LogP contribution in [0, 0.1) is 12.3 Å². The molecular formula is C26H23NO5. The van der Waals surface area contributed by atoms with Gasteiger partial charge in [-0.2, -0.15) is 0 Å². The van der Waals surface area contributed by atoms with Gasteiger partial charge in [0.1, 0.15) is 6.61 Å². The number of esters is 1. The van der Waals surface area contributed by atoms with Crippen LogP contribution in [-0.4, -0.2) is 32.1 Å². The Balaban J connectivity index is 1.89. The van der Waals surface area contributed by atoms with Crippen LogP contribution in [0.25, 0.3) is 5.70 Å². The van der Waals surface area contributed by atoms with Crippen LogP contribution in [0.3, 0.4) is 0 Å². The first-order valence-electron chi connectivity index (χ1n) is 10.3. The van der Waals surface area contributed by atoms with Crippen molar-refractivity contribution >= 4 is 17.4 Å². The maximum Gasteiger partial charge on any atom is 0.336 e. The Bertz CT molecular complexity index is 1210. The highest BCUT2D eigenvalue weighted by molar-refractivity contribution is 6.23. The molecule has 1 heterocycles.